The Morgan fingerprint density at radius 1 is 1.58 bits per heavy atom. The molecule has 0 radical (unpaired) electrons. The second-order valence-corrected chi connectivity index (χ2v) is 3.67. The van der Waals surface area contributed by atoms with Crippen LogP contribution in [0.2, 0.25) is 0 Å². The molecule has 0 saturated heterocycles. The number of aromatic nitrogens is 2. The fourth-order valence-corrected chi connectivity index (χ4v) is 2.21. The minimum Gasteiger partial charge on any atom is -0.254 e. The molecule has 0 spiro atoms. The first-order chi connectivity index (χ1) is 5.88. The van der Waals surface area contributed by atoms with E-state index in [1.807, 2.05) is 6.66 Å². The van der Waals surface area contributed by atoms with Gasteiger partial charge in [0.1, 0.15) is 6.33 Å². The van der Waals surface area contributed by atoms with Gasteiger partial charge in [-0.3, -0.25) is 4.21 Å². The molecule has 1 aromatic heterocycles. The molecule has 0 aliphatic carbocycles. The molecule has 1 aromatic rings. The number of rotatable bonds is 0. The Balaban J connectivity index is 0.000000336. The number of fused-ring (bicyclic) bond motifs is 1. The monoisotopic (exact) mass is 202 g/mol. The zero-order valence-corrected chi connectivity index (χ0v) is 8.83. The summed E-state index contributed by atoms with van der Waals surface area (Å²) < 4.78 is 11.1. The van der Waals surface area contributed by atoms with Crippen LogP contribution >= 0.6 is 9.24 Å². The highest BCUT2D eigenvalue weighted by Gasteiger charge is 2.18. The Labute approximate surface area is 76.7 Å². The molecule has 1 aliphatic heterocycles. The lowest BCUT2D eigenvalue weighted by Crippen LogP contribution is -1.88. The average Bonchev–Trinajstić information content (AvgIpc) is 2.53. The maximum absolute atomic E-state index is 11.1. The molecule has 2 unspecified atom stereocenters. The van der Waals surface area contributed by atoms with Gasteiger partial charge in [-0.15, -0.1) is 9.24 Å². The average molecular weight is 202 g/mol. The van der Waals surface area contributed by atoms with Crippen molar-refractivity contribution in [3.05, 3.63) is 18.2 Å². The molecule has 66 valence electrons. The van der Waals surface area contributed by atoms with Gasteiger partial charge in [-0.05, 0) is 0 Å². The van der Waals surface area contributed by atoms with E-state index in [4.69, 9.17) is 0 Å². The first-order valence-electron chi connectivity index (χ1n) is 3.63. The Morgan fingerprint density at radius 2 is 2.33 bits per heavy atom. The van der Waals surface area contributed by atoms with Crippen molar-refractivity contribution in [1.82, 2.24) is 9.97 Å². The van der Waals surface area contributed by atoms with E-state index in [1.165, 1.54) is 6.33 Å². The summed E-state index contributed by atoms with van der Waals surface area (Å²) in [7, 11) is 1.59. The van der Waals surface area contributed by atoms with Gasteiger partial charge in [0, 0.05) is 18.4 Å². The molecule has 0 saturated carbocycles. The van der Waals surface area contributed by atoms with Crippen molar-refractivity contribution in [3.8, 4) is 0 Å². The van der Waals surface area contributed by atoms with E-state index in [1.54, 1.807) is 6.20 Å². The Morgan fingerprint density at radius 3 is 3.00 bits per heavy atom. The summed E-state index contributed by atoms with van der Waals surface area (Å²) in [5.74, 6) is 0.716. The highest BCUT2D eigenvalue weighted by molar-refractivity contribution is 7.85. The SMILES string of the molecule is CP.O=S1CCc2ncncc21. The van der Waals surface area contributed by atoms with Gasteiger partial charge in [-0.25, -0.2) is 9.97 Å². The lowest BCUT2D eigenvalue weighted by molar-refractivity contribution is 0.685. The van der Waals surface area contributed by atoms with Gasteiger partial charge in [0.05, 0.1) is 21.4 Å². The summed E-state index contributed by atoms with van der Waals surface area (Å²) in [6.07, 6.45) is 3.98. The fraction of sp³-hybridized carbons (Fsp3) is 0.429. The molecule has 2 atom stereocenters. The third kappa shape index (κ3) is 1.87. The summed E-state index contributed by atoms with van der Waals surface area (Å²) >= 11 is 0. The van der Waals surface area contributed by atoms with Gasteiger partial charge in [-0.1, -0.05) is 6.66 Å². The van der Waals surface area contributed by atoms with E-state index in [2.05, 4.69) is 19.2 Å². The third-order valence-electron chi connectivity index (χ3n) is 1.53. The van der Waals surface area contributed by atoms with Crippen molar-refractivity contribution in [2.75, 3.05) is 12.4 Å². The van der Waals surface area contributed by atoms with E-state index in [-0.39, 0.29) is 0 Å². The molecule has 0 amide bonds. The summed E-state index contributed by atoms with van der Waals surface area (Å²) in [5.41, 5.74) is 0.952. The first kappa shape index (κ1) is 9.75. The van der Waals surface area contributed by atoms with Crippen molar-refractivity contribution in [2.24, 2.45) is 0 Å². The molecule has 5 heteroatoms. The lowest BCUT2D eigenvalue weighted by atomic mass is 10.3. The van der Waals surface area contributed by atoms with E-state index in [9.17, 15) is 4.21 Å². The number of nitrogens with zero attached hydrogens (tertiary/aromatic N) is 2. The topological polar surface area (TPSA) is 42.9 Å². The van der Waals surface area contributed by atoms with Gasteiger partial charge >= 0.3 is 0 Å². The third-order valence-corrected chi connectivity index (χ3v) is 2.93. The Kier molecular flexibility index (Phi) is 3.76. The fourth-order valence-electron chi connectivity index (χ4n) is 1.02. The van der Waals surface area contributed by atoms with Gasteiger partial charge in [-0.2, -0.15) is 0 Å². The molecule has 3 nitrogen and oxygen atoms in total. The summed E-state index contributed by atoms with van der Waals surface area (Å²) in [4.78, 5) is 8.63. The van der Waals surface area contributed by atoms with Crippen molar-refractivity contribution in [3.63, 3.8) is 0 Å². The van der Waals surface area contributed by atoms with Crippen LogP contribution in [0.1, 0.15) is 5.69 Å². The number of aryl methyl sites for hydroxylation is 1. The predicted octanol–water partition coefficient (Wildman–Crippen LogP) is 0.632. The predicted molar refractivity (Wildman–Crippen MR) is 52.6 cm³/mol. The zero-order chi connectivity index (χ0) is 8.97. The molecule has 12 heavy (non-hydrogen) atoms. The Bertz CT molecular complexity index is 292. The van der Waals surface area contributed by atoms with Crippen LogP contribution in [0.5, 0.6) is 0 Å². The molecule has 2 heterocycles. The van der Waals surface area contributed by atoms with Crippen LogP contribution in [0.15, 0.2) is 17.4 Å². The summed E-state index contributed by atoms with van der Waals surface area (Å²) in [5, 5.41) is 0. The molecule has 2 rings (SSSR count). The van der Waals surface area contributed by atoms with Crippen LogP contribution in [0.3, 0.4) is 0 Å². The summed E-state index contributed by atoms with van der Waals surface area (Å²) in [6, 6.07) is 0. The van der Waals surface area contributed by atoms with Gasteiger partial charge < -0.3 is 0 Å². The van der Waals surface area contributed by atoms with E-state index >= 15 is 0 Å². The van der Waals surface area contributed by atoms with Gasteiger partial charge in [0.15, 0.2) is 0 Å². The zero-order valence-electron chi connectivity index (χ0n) is 6.86. The minimum atomic E-state index is -0.823. The molecule has 1 aliphatic rings. The molecule has 0 aromatic carbocycles. The number of hydrogen-bond donors (Lipinski definition) is 0. The van der Waals surface area contributed by atoms with Crippen molar-refractivity contribution in [1.29, 1.82) is 0 Å². The highest BCUT2D eigenvalue weighted by Crippen LogP contribution is 2.17. The highest BCUT2D eigenvalue weighted by atomic mass is 32.2. The second kappa shape index (κ2) is 4.63. The first-order valence-corrected chi connectivity index (χ1v) is 6.10. The Hall–Kier alpha value is -0.340. The quantitative estimate of drug-likeness (QED) is 0.579. The lowest BCUT2D eigenvalue weighted by Gasteiger charge is -1.90. The van der Waals surface area contributed by atoms with E-state index in [0.29, 0.717) is 5.75 Å². The number of hydrogen-bond acceptors (Lipinski definition) is 3. The van der Waals surface area contributed by atoms with Crippen LogP contribution < -0.4 is 0 Å². The van der Waals surface area contributed by atoms with Crippen LogP contribution in [0, 0.1) is 0 Å². The molecule has 0 N–H and O–H groups in total. The minimum absolute atomic E-state index is 0.716. The maximum atomic E-state index is 11.1. The second-order valence-electron chi connectivity index (χ2n) is 2.13. The smallest absolute Gasteiger partial charge is 0.115 e. The maximum Gasteiger partial charge on any atom is 0.115 e. The van der Waals surface area contributed by atoms with Crippen LogP contribution in [-0.4, -0.2) is 26.6 Å². The van der Waals surface area contributed by atoms with Gasteiger partial charge in [0.2, 0.25) is 0 Å². The van der Waals surface area contributed by atoms with Crippen LogP contribution in [-0.2, 0) is 17.2 Å². The standard InChI is InChI=1S/C6H6N2OS.CH5P/c9-10-2-1-5-6(10)3-7-4-8-5;1-2/h3-4H,1-2H2;2H2,1H3. The normalized spacial score (nSPS) is 19.3. The van der Waals surface area contributed by atoms with E-state index < -0.39 is 10.8 Å². The van der Waals surface area contributed by atoms with Crippen LogP contribution in [0.25, 0.3) is 0 Å². The van der Waals surface area contributed by atoms with Crippen LogP contribution in [0.4, 0.5) is 0 Å². The molecule has 0 bridgehead atoms. The van der Waals surface area contributed by atoms with Crippen molar-refractivity contribution < 1.29 is 4.21 Å². The molecular formula is C7H11N2OPS. The molecule has 0 fully saturated rings. The van der Waals surface area contributed by atoms with E-state index in [0.717, 1.165) is 17.0 Å². The van der Waals surface area contributed by atoms with Crippen molar-refractivity contribution in [2.45, 2.75) is 11.3 Å². The van der Waals surface area contributed by atoms with Crippen molar-refractivity contribution >= 4 is 20.0 Å². The largest absolute Gasteiger partial charge is 0.254 e. The molecular weight excluding hydrogens is 191 g/mol. The van der Waals surface area contributed by atoms with Gasteiger partial charge in [0.25, 0.3) is 0 Å². The summed E-state index contributed by atoms with van der Waals surface area (Å²) in [6.45, 7) is 1.92.